The molecule has 1 heterocycles. The van der Waals surface area contributed by atoms with Gasteiger partial charge in [0.05, 0.1) is 11.0 Å². The minimum absolute atomic E-state index is 0.000587. The summed E-state index contributed by atoms with van der Waals surface area (Å²) in [5.41, 5.74) is 1.87. The highest BCUT2D eigenvalue weighted by molar-refractivity contribution is 5.45. The van der Waals surface area contributed by atoms with Crippen LogP contribution in [0.3, 0.4) is 0 Å². The number of aromatic nitrogens is 1. The molecular formula is C15H17N3O3. The van der Waals surface area contributed by atoms with Gasteiger partial charge in [-0.3, -0.25) is 10.1 Å². The largest absolute Gasteiger partial charge is 0.439 e. The predicted octanol–water partition coefficient (Wildman–Crippen LogP) is 3.20. The summed E-state index contributed by atoms with van der Waals surface area (Å²) < 4.78 is 5.62. The van der Waals surface area contributed by atoms with E-state index in [1.165, 1.54) is 12.1 Å². The van der Waals surface area contributed by atoms with E-state index in [1.54, 1.807) is 18.3 Å². The van der Waals surface area contributed by atoms with Crippen molar-refractivity contribution in [2.24, 2.45) is 0 Å². The minimum Gasteiger partial charge on any atom is -0.439 e. The molecule has 0 amide bonds. The number of pyridine rings is 1. The molecule has 110 valence electrons. The number of nitrogens with one attached hydrogen (secondary N) is 1. The summed E-state index contributed by atoms with van der Waals surface area (Å²) in [6.07, 6.45) is 1.73. The van der Waals surface area contributed by atoms with Gasteiger partial charge in [0.2, 0.25) is 5.88 Å². The lowest BCUT2D eigenvalue weighted by Crippen LogP contribution is -2.11. The number of aryl methyl sites for hydroxylation is 1. The molecule has 6 nitrogen and oxygen atoms in total. The molecule has 0 saturated heterocycles. The Morgan fingerprint density at radius 2 is 2.14 bits per heavy atom. The van der Waals surface area contributed by atoms with Crippen molar-refractivity contribution in [2.75, 3.05) is 6.54 Å². The van der Waals surface area contributed by atoms with Crippen molar-refractivity contribution in [3.63, 3.8) is 0 Å². The highest BCUT2D eigenvalue weighted by Crippen LogP contribution is 2.27. The van der Waals surface area contributed by atoms with Gasteiger partial charge in [0.1, 0.15) is 5.75 Å². The number of hydrogen-bond acceptors (Lipinski definition) is 5. The lowest BCUT2D eigenvalue weighted by atomic mass is 10.2. The van der Waals surface area contributed by atoms with E-state index in [0.29, 0.717) is 11.6 Å². The number of nitrogens with zero attached hydrogens (tertiary/aromatic N) is 2. The summed E-state index contributed by atoms with van der Waals surface area (Å²) in [7, 11) is 0. The van der Waals surface area contributed by atoms with Gasteiger partial charge in [-0.15, -0.1) is 0 Å². The van der Waals surface area contributed by atoms with Crippen LogP contribution >= 0.6 is 0 Å². The molecule has 0 aliphatic heterocycles. The van der Waals surface area contributed by atoms with Crippen LogP contribution in [0.15, 0.2) is 36.5 Å². The Labute approximate surface area is 122 Å². The summed E-state index contributed by atoms with van der Waals surface area (Å²) >= 11 is 0. The normalized spacial score (nSPS) is 10.4. The monoisotopic (exact) mass is 287 g/mol. The molecule has 1 aromatic carbocycles. The number of nitro benzene ring substituents is 1. The van der Waals surface area contributed by atoms with Crippen LogP contribution in [0.1, 0.15) is 18.1 Å². The molecule has 0 spiro atoms. The van der Waals surface area contributed by atoms with Crippen LogP contribution < -0.4 is 10.1 Å². The second kappa shape index (κ2) is 6.81. The van der Waals surface area contributed by atoms with E-state index in [4.69, 9.17) is 4.74 Å². The van der Waals surface area contributed by atoms with Crippen LogP contribution in [0, 0.1) is 17.0 Å². The molecule has 1 N–H and O–H groups in total. The molecule has 2 rings (SSSR count). The van der Waals surface area contributed by atoms with Crippen LogP contribution in [0.5, 0.6) is 11.6 Å². The Morgan fingerprint density at radius 1 is 1.33 bits per heavy atom. The predicted molar refractivity (Wildman–Crippen MR) is 79.5 cm³/mol. The standard InChI is InChI=1S/C15H17N3O3/c1-3-16-9-12-5-7-15(17-10-12)21-14-8-13(18(19)20)6-4-11(14)2/h4-8,10,16H,3,9H2,1-2H3. The average Bonchev–Trinajstić information content (AvgIpc) is 2.48. The van der Waals surface area contributed by atoms with Gasteiger partial charge in [0.15, 0.2) is 0 Å². The molecule has 0 aliphatic rings. The average molecular weight is 287 g/mol. The van der Waals surface area contributed by atoms with Gasteiger partial charge in [0.25, 0.3) is 5.69 Å². The van der Waals surface area contributed by atoms with E-state index in [1.807, 2.05) is 19.9 Å². The van der Waals surface area contributed by atoms with Gasteiger partial charge >= 0.3 is 0 Å². The molecule has 0 fully saturated rings. The zero-order valence-electron chi connectivity index (χ0n) is 12.0. The molecule has 0 bridgehead atoms. The van der Waals surface area contributed by atoms with E-state index in [-0.39, 0.29) is 5.69 Å². The summed E-state index contributed by atoms with van der Waals surface area (Å²) in [6.45, 7) is 5.51. The summed E-state index contributed by atoms with van der Waals surface area (Å²) in [4.78, 5) is 14.6. The Kier molecular flexibility index (Phi) is 4.84. The maximum absolute atomic E-state index is 10.8. The number of nitro groups is 1. The van der Waals surface area contributed by atoms with E-state index < -0.39 is 4.92 Å². The zero-order chi connectivity index (χ0) is 15.2. The fraction of sp³-hybridized carbons (Fsp3) is 0.267. The third-order valence-electron chi connectivity index (χ3n) is 2.97. The number of ether oxygens (including phenoxy) is 1. The van der Waals surface area contributed by atoms with Crippen molar-refractivity contribution >= 4 is 5.69 Å². The first-order chi connectivity index (χ1) is 10.1. The van der Waals surface area contributed by atoms with E-state index in [9.17, 15) is 10.1 Å². The molecule has 0 unspecified atom stereocenters. The molecule has 0 aliphatic carbocycles. The quantitative estimate of drug-likeness (QED) is 0.652. The molecule has 0 saturated carbocycles. The molecule has 0 atom stereocenters. The molecular weight excluding hydrogens is 270 g/mol. The van der Waals surface area contributed by atoms with Crippen molar-refractivity contribution in [2.45, 2.75) is 20.4 Å². The zero-order valence-corrected chi connectivity index (χ0v) is 12.0. The van der Waals surface area contributed by atoms with Gasteiger partial charge < -0.3 is 10.1 Å². The van der Waals surface area contributed by atoms with Crippen molar-refractivity contribution < 1.29 is 9.66 Å². The number of rotatable bonds is 6. The molecule has 0 radical (unpaired) electrons. The van der Waals surface area contributed by atoms with Crippen LogP contribution in [0.2, 0.25) is 0 Å². The van der Waals surface area contributed by atoms with Crippen molar-refractivity contribution in [1.29, 1.82) is 0 Å². The van der Waals surface area contributed by atoms with Crippen LogP contribution in [-0.2, 0) is 6.54 Å². The molecule has 21 heavy (non-hydrogen) atoms. The van der Waals surface area contributed by atoms with Gasteiger partial charge in [-0.2, -0.15) is 0 Å². The Hall–Kier alpha value is -2.47. The third-order valence-corrected chi connectivity index (χ3v) is 2.97. The van der Waals surface area contributed by atoms with Gasteiger partial charge in [0, 0.05) is 24.9 Å². The maximum atomic E-state index is 10.8. The molecule has 1 aromatic heterocycles. The fourth-order valence-electron chi connectivity index (χ4n) is 1.77. The van der Waals surface area contributed by atoms with Gasteiger partial charge in [-0.25, -0.2) is 4.98 Å². The fourth-order valence-corrected chi connectivity index (χ4v) is 1.77. The van der Waals surface area contributed by atoms with E-state index >= 15 is 0 Å². The first-order valence-electron chi connectivity index (χ1n) is 6.68. The number of non-ortho nitro benzene ring substituents is 1. The van der Waals surface area contributed by atoms with E-state index in [2.05, 4.69) is 10.3 Å². The second-order valence-corrected chi connectivity index (χ2v) is 4.59. The Bertz CT molecular complexity index is 627. The molecule has 6 heteroatoms. The minimum atomic E-state index is -0.445. The second-order valence-electron chi connectivity index (χ2n) is 4.59. The Balaban J connectivity index is 2.14. The highest BCUT2D eigenvalue weighted by Gasteiger charge is 2.10. The topological polar surface area (TPSA) is 77.3 Å². The smallest absolute Gasteiger partial charge is 0.273 e. The first kappa shape index (κ1) is 14.9. The SMILES string of the molecule is CCNCc1ccc(Oc2cc([N+](=O)[O-])ccc2C)nc1. The van der Waals surface area contributed by atoms with Crippen LogP contribution in [0.4, 0.5) is 5.69 Å². The highest BCUT2D eigenvalue weighted by atomic mass is 16.6. The summed E-state index contributed by atoms with van der Waals surface area (Å²) in [5, 5.41) is 14.0. The van der Waals surface area contributed by atoms with Crippen LogP contribution in [-0.4, -0.2) is 16.5 Å². The lowest BCUT2D eigenvalue weighted by Gasteiger charge is -2.08. The van der Waals surface area contributed by atoms with Gasteiger partial charge in [-0.05, 0) is 30.7 Å². The first-order valence-corrected chi connectivity index (χ1v) is 6.68. The van der Waals surface area contributed by atoms with Crippen LogP contribution in [0.25, 0.3) is 0 Å². The summed E-state index contributed by atoms with van der Waals surface area (Å²) in [6, 6.07) is 8.19. The maximum Gasteiger partial charge on any atom is 0.273 e. The van der Waals surface area contributed by atoms with Crippen molar-refractivity contribution in [3.05, 3.63) is 57.8 Å². The van der Waals surface area contributed by atoms with Crippen molar-refractivity contribution in [3.8, 4) is 11.6 Å². The lowest BCUT2D eigenvalue weighted by molar-refractivity contribution is -0.384. The summed E-state index contributed by atoms with van der Waals surface area (Å²) in [5.74, 6) is 0.856. The van der Waals surface area contributed by atoms with E-state index in [0.717, 1.165) is 24.2 Å². The number of benzene rings is 1. The van der Waals surface area contributed by atoms with Gasteiger partial charge in [-0.1, -0.05) is 13.0 Å². The molecule has 2 aromatic rings. The third kappa shape index (κ3) is 4.00. The number of hydrogen-bond donors (Lipinski definition) is 1. The Morgan fingerprint density at radius 3 is 2.76 bits per heavy atom. The van der Waals surface area contributed by atoms with Crippen molar-refractivity contribution in [1.82, 2.24) is 10.3 Å².